The van der Waals surface area contributed by atoms with Crippen molar-refractivity contribution in [3.63, 3.8) is 0 Å². The van der Waals surface area contributed by atoms with Gasteiger partial charge < -0.3 is 5.73 Å². The number of rotatable bonds is 4. The van der Waals surface area contributed by atoms with E-state index in [9.17, 15) is 17.2 Å². The van der Waals surface area contributed by atoms with E-state index in [1.54, 1.807) is 0 Å². The molecule has 2 rings (SSSR count). The lowest BCUT2D eigenvalue weighted by molar-refractivity contribution is 0.582. The fourth-order valence-electron chi connectivity index (χ4n) is 1.67. The second-order valence-electron chi connectivity index (χ2n) is 4.17. The van der Waals surface area contributed by atoms with Crippen LogP contribution in [-0.2, 0) is 16.6 Å². The average Bonchev–Trinajstić information content (AvgIpc) is 2.42. The quantitative estimate of drug-likeness (QED) is 0.861. The summed E-state index contributed by atoms with van der Waals surface area (Å²) in [6.07, 6.45) is 0. The van der Waals surface area contributed by atoms with Crippen LogP contribution >= 0.6 is 15.9 Å². The lowest BCUT2D eigenvalue weighted by Gasteiger charge is -2.11. The van der Waals surface area contributed by atoms with Crippen molar-refractivity contribution >= 4 is 31.6 Å². The maximum atomic E-state index is 13.5. The van der Waals surface area contributed by atoms with E-state index in [-0.39, 0.29) is 15.9 Å². The molecule has 2 aromatic carbocycles. The Hall–Kier alpha value is -1.51. The molecular weight excluding hydrogens is 366 g/mol. The summed E-state index contributed by atoms with van der Waals surface area (Å²) in [6.45, 7) is 0.244. The molecule has 21 heavy (non-hydrogen) atoms. The smallest absolute Gasteiger partial charge is 0.263 e. The van der Waals surface area contributed by atoms with Gasteiger partial charge in [-0.05, 0) is 45.8 Å². The fourth-order valence-corrected chi connectivity index (χ4v) is 3.88. The van der Waals surface area contributed by atoms with Crippen LogP contribution in [0, 0.1) is 11.6 Å². The van der Waals surface area contributed by atoms with Gasteiger partial charge in [0.25, 0.3) is 10.0 Å². The molecule has 0 aromatic heterocycles. The minimum Gasteiger partial charge on any atom is -0.326 e. The highest BCUT2D eigenvalue weighted by Crippen LogP contribution is 2.27. The molecule has 0 radical (unpaired) electrons. The van der Waals surface area contributed by atoms with E-state index in [4.69, 9.17) is 5.73 Å². The molecule has 0 bridgehead atoms. The Kier molecular flexibility index (Phi) is 4.60. The molecule has 112 valence electrons. The molecule has 4 nitrogen and oxygen atoms in total. The van der Waals surface area contributed by atoms with Crippen LogP contribution in [0.4, 0.5) is 14.5 Å². The lowest BCUT2D eigenvalue weighted by atomic mass is 10.2. The van der Waals surface area contributed by atoms with Gasteiger partial charge in [0.05, 0.1) is 0 Å². The first-order valence-electron chi connectivity index (χ1n) is 5.80. The number of sulfonamides is 1. The van der Waals surface area contributed by atoms with Crippen LogP contribution < -0.4 is 10.5 Å². The SMILES string of the molecule is NCc1ccc(S(=O)(=O)Nc2c(F)cccc2F)c(Br)c1. The number of hydrogen-bond acceptors (Lipinski definition) is 3. The molecule has 3 N–H and O–H groups in total. The van der Waals surface area contributed by atoms with E-state index in [0.717, 1.165) is 23.8 Å². The molecule has 0 aliphatic carbocycles. The van der Waals surface area contributed by atoms with Crippen molar-refractivity contribution in [1.29, 1.82) is 0 Å². The van der Waals surface area contributed by atoms with Gasteiger partial charge in [0.15, 0.2) is 0 Å². The molecule has 0 saturated carbocycles. The van der Waals surface area contributed by atoms with E-state index < -0.39 is 27.3 Å². The van der Waals surface area contributed by atoms with Crippen molar-refractivity contribution in [2.45, 2.75) is 11.4 Å². The Morgan fingerprint density at radius 3 is 2.29 bits per heavy atom. The van der Waals surface area contributed by atoms with Crippen molar-refractivity contribution < 1.29 is 17.2 Å². The zero-order valence-corrected chi connectivity index (χ0v) is 13.0. The summed E-state index contributed by atoms with van der Waals surface area (Å²) < 4.78 is 53.7. The maximum absolute atomic E-state index is 13.5. The Morgan fingerprint density at radius 2 is 1.76 bits per heavy atom. The number of nitrogens with one attached hydrogen (secondary N) is 1. The van der Waals surface area contributed by atoms with Crippen LogP contribution in [0.15, 0.2) is 45.8 Å². The zero-order chi connectivity index (χ0) is 15.6. The summed E-state index contributed by atoms with van der Waals surface area (Å²) in [5, 5.41) is 0. The van der Waals surface area contributed by atoms with E-state index in [0.29, 0.717) is 0 Å². The molecular formula is C13H11BrF2N2O2S. The summed E-state index contributed by atoms with van der Waals surface area (Å²) in [4.78, 5) is -0.137. The summed E-state index contributed by atoms with van der Waals surface area (Å²) in [5.41, 5.74) is 5.46. The predicted molar refractivity (Wildman–Crippen MR) is 79.2 cm³/mol. The number of nitrogens with two attached hydrogens (primary N) is 1. The van der Waals surface area contributed by atoms with Gasteiger partial charge in [-0.3, -0.25) is 4.72 Å². The number of hydrogen-bond donors (Lipinski definition) is 2. The summed E-state index contributed by atoms with van der Waals surface area (Å²) in [5.74, 6) is -1.98. The second-order valence-corrected chi connectivity index (χ2v) is 6.68. The predicted octanol–water partition coefficient (Wildman–Crippen LogP) is 2.99. The highest BCUT2D eigenvalue weighted by Gasteiger charge is 2.21. The lowest BCUT2D eigenvalue weighted by Crippen LogP contribution is -2.16. The molecule has 0 unspecified atom stereocenters. The molecule has 0 amide bonds. The van der Waals surface area contributed by atoms with Crippen molar-refractivity contribution in [2.75, 3.05) is 4.72 Å². The van der Waals surface area contributed by atoms with Crippen molar-refractivity contribution in [3.8, 4) is 0 Å². The first-order valence-corrected chi connectivity index (χ1v) is 8.08. The van der Waals surface area contributed by atoms with Crippen LogP contribution in [0.2, 0.25) is 0 Å². The number of anilines is 1. The van der Waals surface area contributed by atoms with Crippen molar-refractivity contribution in [2.24, 2.45) is 5.73 Å². The summed E-state index contributed by atoms with van der Waals surface area (Å²) in [6, 6.07) is 7.45. The van der Waals surface area contributed by atoms with Crippen LogP contribution in [-0.4, -0.2) is 8.42 Å². The highest BCUT2D eigenvalue weighted by atomic mass is 79.9. The fraction of sp³-hybridized carbons (Fsp3) is 0.0769. The van der Waals surface area contributed by atoms with Gasteiger partial charge in [0, 0.05) is 11.0 Å². The third kappa shape index (κ3) is 3.39. The van der Waals surface area contributed by atoms with Crippen LogP contribution in [0.5, 0.6) is 0 Å². The van der Waals surface area contributed by atoms with Gasteiger partial charge in [-0.2, -0.15) is 0 Å². The first kappa shape index (κ1) is 15.9. The molecule has 0 spiro atoms. The van der Waals surface area contributed by atoms with Crippen LogP contribution in [0.25, 0.3) is 0 Å². The van der Waals surface area contributed by atoms with E-state index in [2.05, 4.69) is 15.9 Å². The van der Waals surface area contributed by atoms with Crippen molar-refractivity contribution in [1.82, 2.24) is 0 Å². The molecule has 0 heterocycles. The minimum absolute atomic E-state index is 0.137. The molecule has 0 aliphatic heterocycles. The third-order valence-electron chi connectivity index (χ3n) is 2.72. The Balaban J connectivity index is 2.44. The largest absolute Gasteiger partial charge is 0.326 e. The Bertz CT molecular complexity index is 761. The number of benzene rings is 2. The van der Waals surface area contributed by atoms with Gasteiger partial charge in [-0.15, -0.1) is 0 Å². The minimum atomic E-state index is -4.13. The summed E-state index contributed by atoms with van der Waals surface area (Å²) in [7, 11) is -4.13. The molecule has 0 fully saturated rings. The normalized spacial score (nSPS) is 11.4. The zero-order valence-electron chi connectivity index (χ0n) is 10.6. The second kappa shape index (κ2) is 6.08. The summed E-state index contributed by atoms with van der Waals surface area (Å²) >= 11 is 3.11. The van der Waals surface area contributed by atoms with Gasteiger partial charge in [0.2, 0.25) is 0 Å². The van der Waals surface area contributed by atoms with Gasteiger partial charge in [-0.1, -0.05) is 12.1 Å². The Labute approximate surface area is 129 Å². The number of para-hydroxylation sites is 1. The van der Waals surface area contributed by atoms with Gasteiger partial charge >= 0.3 is 0 Å². The van der Waals surface area contributed by atoms with E-state index in [1.165, 1.54) is 18.2 Å². The standard InChI is InChI=1S/C13H11BrF2N2O2S/c14-9-6-8(7-17)4-5-12(9)21(19,20)18-13-10(15)2-1-3-11(13)16/h1-6,18H,7,17H2. The third-order valence-corrected chi connectivity index (χ3v) is 5.05. The first-order chi connectivity index (χ1) is 9.85. The molecule has 2 aromatic rings. The maximum Gasteiger partial charge on any atom is 0.263 e. The molecule has 8 heteroatoms. The van der Waals surface area contributed by atoms with Crippen LogP contribution in [0.3, 0.4) is 0 Å². The van der Waals surface area contributed by atoms with Gasteiger partial charge in [-0.25, -0.2) is 17.2 Å². The Morgan fingerprint density at radius 1 is 1.14 bits per heavy atom. The number of halogens is 3. The van der Waals surface area contributed by atoms with E-state index in [1.807, 2.05) is 4.72 Å². The average molecular weight is 377 g/mol. The monoisotopic (exact) mass is 376 g/mol. The van der Waals surface area contributed by atoms with Crippen molar-refractivity contribution in [3.05, 3.63) is 58.1 Å². The molecule has 0 aliphatic rings. The molecule has 0 atom stereocenters. The molecule has 0 saturated heterocycles. The highest BCUT2D eigenvalue weighted by molar-refractivity contribution is 9.10. The van der Waals surface area contributed by atoms with Crippen LogP contribution in [0.1, 0.15) is 5.56 Å². The van der Waals surface area contributed by atoms with Gasteiger partial charge in [0.1, 0.15) is 22.2 Å². The van der Waals surface area contributed by atoms with E-state index >= 15 is 0 Å². The topological polar surface area (TPSA) is 72.2 Å².